The van der Waals surface area contributed by atoms with Gasteiger partial charge in [0.15, 0.2) is 5.17 Å². The third-order valence-electron chi connectivity index (χ3n) is 5.04. The maximum absolute atomic E-state index is 12.7. The van der Waals surface area contributed by atoms with Crippen molar-refractivity contribution >= 4 is 28.8 Å². The van der Waals surface area contributed by atoms with Gasteiger partial charge in [-0.25, -0.2) is 9.79 Å². The van der Waals surface area contributed by atoms with Gasteiger partial charge in [-0.3, -0.25) is 4.79 Å². The molecule has 0 radical (unpaired) electrons. The minimum absolute atomic E-state index is 0.0785. The monoisotopic (exact) mass is 444 g/mol. The second-order valence-corrected chi connectivity index (χ2v) is 8.33. The summed E-state index contributed by atoms with van der Waals surface area (Å²) in [5.41, 5.74) is 2.69. The fourth-order valence-electron chi connectivity index (χ4n) is 3.51. The van der Waals surface area contributed by atoms with Crippen LogP contribution in [0.25, 0.3) is 0 Å². The lowest BCUT2D eigenvalue weighted by atomic mass is 9.93. The van der Waals surface area contributed by atoms with Crippen molar-refractivity contribution in [2.45, 2.75) is 19.4 Å². The molecule has 1 N–H and O–H groups in total. The third-order valence-corrected chi connectivity index (χ3v) is 5.93. The Morgan fingerprint density at radius 1 is 1.29 bits per heavy atom. The standard InChI is InChI=1S/C22H28N4O4S/c1-14-19(21(28)30-5)20(15-7-6-8-17(11-15)29-4)26-16(13-31-22(26)24-14)12-18(27)23-9-10-25(2)3/h6-8,11,13,20H,9-10,12H2,1-5H3,(H,23,27). The summed E-state index contributed by atoms with van der Waals surface area (Å²) in [5, 5.41) is 5.59. The normalized spacial score (nSPS) is 17.9. The molecule has 0 aromatic heterocycles. The lowest BCUT2D eigenvalue weighted by Crippen LogP contribution is -2.38. The number of aliphatic imine (C=N–C) groups is 1. The first kappa shape index (κ1) is 22.9. The first-order valence-corrected chi connectivity index (χ1v) is 10.8. The van der Waals surface area contributed by atoms with Crippen molar-refractivity contribution in [3.63, 3.8) is 0 Å². The van der Waals surface area contributed by atoms with E-state index in [4.69, 9.17) is 9.47 Å². The number of carbonyl (C=O) groups excluding carboxylic acids is 2. The predicted octanol–water partition coefficient (Wildman–Crippen LogP) is 2.51. The van der Waals surface area contributed by atoms with Crippen LogP contribution in [-0.2, 0) is 14.3 Å². The molecule has 9 heteroatoms. The van der Waals surface area contributed by atoms with Crippen LogP contribution in [0.15, 0.2) is 51.6 Å². The number of allylic oxidation sites excluding steroid dienone is 1. The topological polar surface area (TPSA) is 83.5 Å². The van der Waals surface area contributed by atoms with Crippen LogP contribution in [0, 0.1) is 0 Å². The number of likely N-dealkylation sites (N-methyl/N-ethyl adjacent to an activating group) is 1. The highest BCUT2D eigenvalue weighted by molar-refractivity contribution is 8.16. The molecule has 0 saturated carbocycles. The molecule has 8 nitrogen and oxygen atoms in total. The molecule has 1 amide bonds. The second-order valence-electron chi connectivity index (χ2n) is 7.49. The molecule has 3 rings (SSSR count). The van der Waals surface area contributed by atoms with Crippen molar-refractivity contribution in [2.75, 3.05) is 41.4 Å². The van der Waals surface area contributed by atoms with E-state index >= 15 is 0 Å². The fourth-order valence-corrected chi connectivity index (χ4v) is 4.48. The van der Waals surface area contributed by atoms with E-state index in [2.05, 4.69) is 10.3 Å². The Morgan fingerprint density at radius 3 is 2.74 bits per heavy atom. The minimum atomic E-state index is -0.467. The van der Waals surface area contributed by atoms with Crippen LogP contribution in [-0.4, -0.2) is 68.2 Å². The molecule has 0 fully saturated rings. The van der Waals surface area contributed by atoms with E-state index in [1.54, 1.807) is 14.0 Å². The van der Waals surface area contributed by atoms with Crippen LogP contribution in [0.3, 0.4) is 0 Å². The molecule has 31 heavy (non-hydrogen) atoms. The second kappa shape index (κ2) is 10.0. The first-order valence-electron chi connectivity index (χ1n) is 9.93. The Kier molecular flexibility index (Phi) is 7.40. The van der Waals surface area contributed by atoms with Crippen molar-refractivity contribution in [2.24, 2.45) is 4.99 Å². The van der Waals surface area contributed by atoms with Crippen LogP contribution in [0.2, 0.25) is 0 Å². The lowest BCUT2D eigenvalue weighted by Gasteiger charge is -2.36. The van der Waals surface area contributed by atoms with E-state index in [9.17, 15) is 9.59 Å². The van der Waals surface area contributed by atoms with Gasteiger partial charge in [-0.1, -0.05) is 23.9 Å². The van der Waals surface area contributed by atoms with Crippen molar-refractivity contribution in [1.29, 1.82) is 0 Å². The highest BCUT2D eigenvalue weighted by Gasteiger charge is 2.41. The van der Waals surface area contributed by atoms with Gasteiger partial charge >= 0.3 is 5.97 Å². The number of thioether (sulfide) groups is 1. The number of amidine groups is 1. The molecule has 0 aliphatic carbocycles. The number of esters is 1. The predicted molar refractivity (Wildman–Crippen MR) is 122 cm³/mol. The van der Waals surface area contributed by atoms with Crippen LogP contribution < -0.4 is 10.1 Å². The summed E-state index contributed by atoms with van der Waals surface area (Å²) >= 11 is 1.45. The van der Waals surface area contributed by atoms with Gasteiger partial charge in [0, 0.05) is 18.8 Å². The van der Waals surface area contributed by atoms with Crippen LogP contribution in [0.4, 0.5) is 0 Å². The Bertz CT molecular complexity index is 955. The summed E-state index contributed by atoms with van der Waals surface area (Å²) < 4.78 is 10.5. The molecule has 0 bridgehead atoms. The quantitative estimate of drug-likeness (QED) is 0.617. The molecule has 1 aromatic carbocycles. The van der Waals surface area contributed by atoms with Gasteiger partial charge in [0.25, 0.3) is 0 Å². The zero-order valence-electron chi connectivity index (χ0n) is 18.5. The van der Waals surface area contributed by atoms with E-state index in [-0.39, 0.29) is 12.3 Å². The number of ether oxygens (including phenoxy) is 2. The smallest absolute Gasteiger partial charge is 0.338 e. The number of fused-ring (bicyclic) bond motifs is 1. The Balaban J connectivity index is 1.93. The highest BCUT2D eigenvalue weighted by Crippen LogP contribution is 2.45. The summed E-state index contributed by atoms with van der Waals surface area (Å²) in [4.78, 5) is 33.9. The van der Waals surface area contributed by atoms with Crippen molar-refractivity contribution in [1.82, 2.24) is 15.1 Å². The molecule has 0 spiro atoms. The molecule has 1 aromatic rings. The number of rotatable bonds is 8. The largest absolute Gasteiger partial charge is 0.497 e. The van der Waals surface area contributed by atoms with Gasteiger partial charge in [0.1, 0.15) is 5.75 Å². The third kappa shape index (κ3) is 5.11. The molecule has 2 aliphatic rings. The van der Waals surface area contributed by atoms with Gasteiger partial charge in [0.05, 0.1) is 38.0 Å². The molecule has 0 saturated heterocycles. The fraction of sp³-hybridized carbons (Fsp3) is 0.409. The number of methoxy groups -OCH3 is 2. The summed E-state index contributed by atoms with van der Waals surface area (Å²) in [5.74, 6) is 0.160. The van der Waals surface area contributed by atoms with Gasteiger partial charge in [-0.2, -0.15) is 0 Å². The Labute approximate surface area is 187 Å². The number of nitrogens with zero attached hydrogens (tertiary/aromatic N) is 3. The van der Waals surface area contributed by atoms with Crippen LogP contribution in [0.1, 0.15) is 24.9 Å². The van der Waals surface area contributed by atoms with Gasteiger partial charge in [-0.05, 0) is 44.1 Å². The zero-order chi connectivity index (χ0) is 22.5. The maximum atomic E-state index is 12.7. The van der Waals surface area contributed by atoms with Crippen LogP contribution >= 0.6 is 11.8 Å². The lowest BCUT2D eigenvalue weighted by molar-refractivity contribution is -0.136. The average molecular weight is 445 g/mol. The Hall–Kier alpha value is -2.78. The van der Waals surface area contributed by atoms with E-state index in [1.165, 1.54) is 18.9 Å². The van der Waals surface area contributed by atoms with Crippen LogP contribution in [0.5, 0.6) is 5.75 Å². The van der Waals surface area contributed by atoms with Gasteiger partial charge < -0.3 is 24.6 Å². The van der Waals surface area contributed by atoms with E-state index < -0.39 is 12.0 Å². The molecule has 166 valence electrons. The molecule has 2 aliphatic heterocycles. The summed E-state index contributed by atoms with van der Waals surface area (Å²) in [7, 11) is 6.88. The number of amides is 1. The number of hydrogen-bond donors (Lipinski definition) is 1. The number of carbonyl (C=O) groups is 2. The van der Waals surface area contributed by atoms with E-state index in [0.29, 0.717) is 23.6 Å². The van der Waals surface area contributed by atoms with Crippen molar-refractivity contribution in [3.8, 4) is 5.75 Å². The van der Waals surface area contributed by atoms with Gasteiger partial charge in [-0.15, -0.1) is 0 Å². The number of hydrogen-bond acceptors (Lipinski definition) is 8. The molecule has 2 heterocycles. The van der Waals surface area contributed by atoms with E-state index in [0.717, 1.165) is 23.0 Å². The SMILES string of the molecule is COC(=O)C1=C(C)N=C2SC=C(CC(=O)NCCN(C)C)N2C1c1cccc(OC)c1. The van der Waals surface area contributed by atoms with E-state index in [1.807, 2.05) is 53.6 Å². The van der Waals surface area contributed by atoms with Gasteiger partial charge in [0.2, 0.25) is 5.91 Å². The number of benzene rings is 1. The number of nitrogens with one attached hydrogen (secondary N) is 1. The summed E-state index contributed by atoms with van der Waals surface area (Å²) in [6.07, 6.45) is 0.188. The van der Waals surface area contributed by atoms with Crippen molar-refractivity contribution < 1.29 is 19.1 Å². The average Bonchev–Trinajstić information content (AvgIpc) is 3.13. The highest BCUT2D eigenvalue weighted by atomic mass is 32.2. The maximum Gasteiger partial charge on any atom is 0.338 e. The zero-order valence-corrected chi connectivity index (χ0v) is 19.3. The molecule has 1 unspecified atom stereocenters. The Morgan fingerprint density at radius 2 is 2.06 bits per heavy atom. The molecule has 1 atom stereocenters. The van der Waals surface area contributed by atoms with Crippen molar-refractivity contribution in [3.05, 3.63) is 52.2 Å². The minimum Gasteiger partial charge on any atom is -0.497 e. The molecular weight excluding hydrogens is 416 g/mol. The summed E-state index contributed by atoms with van der Waals surface area (Å²) in [6, 6.07) is 7.09. The summed E-state index contributed by atoms with van der Waals surface area (Å²) in [6.45, 7) is 3.13. The first-order chi connectivity index (χ1) is 14.8. The molecular formula is C22H28N4O4S.